The molecular formula is C11H15N7O2S3. The van der Waals surface area contributed by atoms with E-state index in [0.29, 0.717) is 23.1 Å². The van der Waals surface area contributed by atoms with Gasteiger partial charge in [0, 0.05) is 10.8 Å². The molecule has 0 aliphatic carbocycles. The quantitative estimate of drug-likeness (QED) is 0.476. The number of hydrogen-bond donors (Lipinski definition) is 3. The van der Waals surface area contributed by atoms with Crippen molar-refractivity contribution < 1.29 is 8.42 Å². The van der Waals surface area contributed by atoms with E-state index in [4.69, 9.17) is 11.5 Å². The topological polar surface area (TPSA) is 149 Å². The van der Waals surface area contributed by atoms with Crippen molar-refractivity contribution in [1.29, 1.82) is 0 Å². The maximum Gasteiger partial charge on any atom is 0.254 e. The Kier molecular flexibility index (Phi) is 5.63. The molecule has 23 heavy (non-hydrogen) atoms. The smallest absolute Gasteiger partial charge is 0.254 e. The molecule has 9 nitrogen and oxygen atoms in total. The van der Waals surface area contributed by atoms with Crippen LogP contribution in [-0.2, 0) is 16.6 Å². The lowest BCUT2D eigenvalue weighted by Crippen LogP contribution is -2.21. The van der Waals surface area contributed by atoms with Crippen molar-refractivity contribution in [2.75, 3.05) is 5.75 Å². The summed E-state index contributed by atoms with van der Waals surface area (Å²) in [4.78, 5) is 12.5. The Labute approximate surface area is 141 Å². The first-order valence-electron chi connectivity index (χ1n) is 6.39. The number of thiazole rings is 2. The number of nitrogens with one attached hydrogen (secondary N) is 1. The number of aliphatic imine (C=N–C) groups is 1. The lowest BCUT2D eigenvalue weighted by Gasteiger charge is -1.95. The fourth-order valence-corrected chi connectivity index (χ4v) is 3.20. The van der Waals surface area contributed by atoms with Crippen LogP contribution >= 0.6 is 22.7 Å². The molecule has 0 unspecified atom stereocenters. The van der Waals surface area contributed by atoms with Crippen LogP contribution in [0.1, 0.15) is 11.9 Å². The first-order chi connectivity index (χ1) is 10.9. The van der Waals surface area contributed by atoms with Crippen LogP contribution < -0.4 is 16.8 Å². The van der Waals surface area contributed by atoms with Crippen molar-refractivity contribution in [1.82, 2.24) is 15.3 Å². The Balaban J connectivity index is 1.98. The van der Waals surface area contributed by atoms with Gasteiger partial charge in [0.25, 0.3) is 10.0 Å². The van der Waals surface area contributed by atoms with Crippen molar-refractivity contribution in [2.24, 2.45) is 20.9 Å². The molecule has 2 aromatic heterocycles. The third-order valence-corrected chi connectivity index (χ3v) is 5.19. The standard InChI is InChI=1S/C11H15N7O2S3/c1-2-23(19,20)15-6-14-3-9-16-7(4-21-9)8-5-22-11(17-8)18-10(12)13/h4-6H,2-3H2,1H3,(H,14,15)(H4,12,13,17,18). The predicted octanol–water partition coefficient (Wildman–Crippen LogP) is 0.639. The van der Waals surface area contributed by atoms with Gasteiger partial charge in [-0.25, -0.2) is 18.4 Å². The number of rotatable bonds is 7. The summed E-state index contributed by atoms with van der Waals surface area (Å²) in [5.74, 6) is -0.0791. The molecule has 0 aromatic carbocycles. The molecule has 2 aromatic rings. The van der Waals surface area contributed by atoms with Gasteiger partial charge in [0.15, 0.2) is 5.96 Å². The third kappa shape index (κ3) is 5.26. The summed E-state index contributed by atoms with van der Waals surface area (Å²) in [5, 5.41) is 7.69. The molecule has 12 heteroatoms. The predicted molar refractivity (Wildman–Crippen MR) is 93.5 cm³/mol. The minimum atomic E-state index is -3.37. The first kappa shape index (κ1) is 17.3. The second-order valence-electron chi connectivity index (χ2n) is 4.16. The summed E-state index contributed by atoms with van der Waals surface area (Å²) in [5.41, 5.74) is 12.0. The van der Waals surface area contributed by atoms with E-state index in [1.807, 2.05) is 10.8 Å². The van der Waals surface area contributed by atoms with Gasteiger partial charge in [0.2, 0.25) is 5.13 Å². The van der Waals surface area contributed by atoms with Gasteiger partial charge in [-0.15, -0.1) is 22.7 Å². The molecular weight excluding hydrogens is 358 g/mol. The molecule has 0 saturated carbocycles. The van der Waals surface area contributed by atoms with Crippen molar-refractivity contribution in [3.63, 3.8) is 0 Å². The number of aromatic nitrogens is 2. The summed E-state index contributed by atoms with van der Waals surface area (Å²) in [6, 6.07) is 0. The van der Waals surface area contributed by atoms with Crippen LogP contribution in [0.25, 0.3) is 11.4 Å². The van der Waals surface area contributed by atoms with Gasteiger partial charge >= 0.3 is 0 Å². The monoisotopic (exact) mass is 373 g/mol. The Bertz CT molecular complexity index is 818. The summed E-state index contributed by atoms with van der Waals surface area (Å²) < 4.78 is 25.8. The molecule has 0 aliphatic rings. The lowest BCUT2D eigenvalue weighted by molar-refractivity contribution is 0.599. The number of guanidine groups is 1. The van der Waals surface area contributed by atoms with Crippen LogP contribution in [0.2, 0.25) is 0 Å². The number of hydrogen-bond acceptors (Lipinski definition) is 7. The van der Waals surface area contributed by atoms with Crippen molar-refractivity contribution >= 4 is 50.1 Å². The maximum absolute atomic E-state index is 11.2. The molecule has 0 spiro atoms. The SMILES string of the molecule is CCS(=O)(=O)N=CNCc1nc(-c2csc(N=C(N)N)n2)cs1. The average Bonchev–Trinajstić information content (AvgIpc) is 3.12. The van der Waals surface area contributed by atoms with Gasteiger partial charge in [-0.2, -0.15) is 9.39 Å². The second-order valence-corrected chi connectivity index (χ2v) is 7.90. The van der Waals surface area contributed by atoms with Gasteiger partial charge in [-0.1, -0.05) is 0 Å². The highest BCUT2D eigenvalue weighted by atomic mass is 32.2. The zero-order chi connectivity index (χ0) is 16.9. The fraction of sp³-hybridized carbons (Fsp3) is 0.273. The van der Waals surface area contributed by atoms with Crippen molar-refractivity contribution in [2.45, 2.75) is 13.5 Å². The van der Waals surface area contributed by atoms with E-state index in [1.165, 1.54) is 35.9 Å². The Hall–Kier alpha value is -2.05. The maximum atomic E-state index is 11.2. The van der Waals surface area contributed by atoms with E-state index < -0.39 is 10.0 Å². The third-order valence-electron chi connectivity index (χ3n) is 2.45. The molecule has 0 atom stereocenters. The highest BCUT2D eigenvalue weighted by Gasteiger charge is 2.08. The van der Waals surface area contributed by atoms with Gasteiger partial charge in [0.1, 0.15) is 22.7 Å². The van der Waals surface area contributed by atoms with Crippen LogP contribution in [0, 0.1) is 0 Å². The fourth-order valence-electron chi connectivity index (χ4n) is 1.38. The van der Waals surface area contributed by atoms with Gasteiger partial charge < -0.3 is 16.8 Å². The van der Waals surface area contributed by atoms with Crippen LogP contribution in [0.15, 0.2) is 20.2 Å². The van der Waals surface area contributed by atoms with Crippen LogP contribution in [0.4, 0.5) is 5.13 Å². The molecule has 0 radical (unpaired) electrons. The largest absolute Gasteiger partial charge is 0.370 e. The van der Waals surface area contributed by atoms with Gasteiger partial charge in [0.05, 0.1) is 12.3 Å². The minimum Gasteiger partial charge on any atom is -0.370 e. The van der Waals surface area contributed by atoms with Crippen LogP contribution in [-0.4, -0.2) is 36.4 Å². The Morgan fingerprint density at radius 3 is 2.70 bits per heavy atom. The molecule has 0 saturated heterocycles. The highest BCUT2D eigenvalue weighted by Crippen LogP contribution is 2.27. The molecule has 2 heterocycles. The molecule has 5 N–H and O–H groups in total. The summed E-state index contributed by atoms with van der Waals surface area (Å²) in [7, 11) is -3.37. The van der Waals surface area contributed by atoms with E-state index in [-0.39, 0.29) is 11.7 Å². The molecule has 0 fully saturated rings. The first-order valence-corrected chi connectivity index (χ1v) is 9.76. The number of sulfonamides is 1. The molecule has 2 rings (SSSR count). The summed E-state index contributed by atoms with van der Waals surface area (Å²) in [6.07, 6.45) is 1.17. The zero-order valence-electron chi connectivity index (χ0n) is 12.1. The van der Waals surface area contributed by atoms with Crippen LogP contribution in [0.5, 0.6) is 0 Å². The summed E-state index contributed by atoms with van der Waals surface area (Å²) in [6.45, 7) is 1.91. The van der Waals surface area contributed by atoms with E-state index in [2.05, 4.69) is 24.7 Å². The number of nitrogens with zero attached hydrogens (tertiary/aromatic N) is 4. The normalized spacial score (nSPS) is 11.7. The van der Waals surface area contributed by atoms with E-state index in [1.54, 1.807) is 0 Å². The highest BCUT2D eigenvalue weighted by molar-refractivity contribution is 7.90. The Morgan fingerprint density at radius 1 is 1.30 bits per heavy atom. The second kappa shape index (κ2) is 7.48. The van der Waals surface area contributed by atoms with Crippen molar-refractivity contribution in [3.05, 3.63) is 15.8 Å². The van der Waals surface area contributed by atoms with Gasteiger partial charge in [-0.05, 0) is 6.92 Å². The van der Waals surface area contributed by atoms with Crippen molar-refractivity contribution in [3.8, 4) is 11.4 Å². The molecule has 124 valence electrons. The lowest BCUT2D eigenvalue weighted by atomic mass is 10.4. The van der Waals surface area contributed by atoms with Crippen LogP contribution in [0.3, 0.4) is 0 Å². The molecule has 0 bridgehead atoms. The average molecular weight is 373 g/mol. The zero-order valence-corrected chi connectivity index (χ0v) is 14.6. The molecule has 0 aliphatic heterocycles. The summed E-state index contributed by atoms with van der Waals surface area (Å²) >= 11 is 2.74. The van der Waals surface area contributed by atoms with Gasteiger partial charge in [-0.3, -0.25) is 0 Å². The molecule has 0 amide bonds. The van der Waals surface area contributed by atoms with E-state index in [0.717, 1.165) is 5.01 Å². The Morgan fingerprint density at radius 2 is 2.00 bits per heavy atom. The van der Waals surface area contributed by atoms with E-state index >= 15 is 0 Å². The van der Waals surface area contributed by atoms with E-state index in [9.17, 15) is 8.42 Å². The minimum absolute atomic E-state index is 0.0332. The number of nitrogens with two attached hydrogens (primary N) is 2.